The standard InChI is InChI=1S/C19H20N6OS/c1-14-7-9-16(10-8-14)11-20-17(26)13-27-19-22-18(24-25-19)23-21-12-15-5-3-2-4-6-15/h2-10,12H,11,13H2,1H3,(H,20,26)(H2,22,23,24,25)/b21-12-. The molecule has 0 radical (unpaired) electrons. The van der Waals surface area contributed by atoms with Crippen molar-refractivity contribution in [2.45, 2.75) is 18.6 Å². The second kappa shape index (κ2) is 9.54. The molecule has 8 heteroatoms. The second-order valence-electron chi connectivity index (χ2n) is 5.80. The number of carbonyl (C=O) groups is 1. The average molecular weight is 380 g/mol. The lowest BCUT2D eigenvalue weighted by molar-refractivity contribution is -0.118. The average Bonchev–Trinajstić information content (AvgIpc) is 3.14. The van der Waals surface area contributed by atoms with E-state index in [0.717, 1.165) is 11.1 Å². The summed E-state index contributed by atoms with van der Waals surface area (Å²) in [6, 6.07) is 17.8. The predicted molar refractivity (Wildman–Crippen MR) is 108 cm³/mol. The molecule has 1 heterocycles. The maximum atomic E-state index is 12.0. The van der Waals surface area contributed by atoms with Crippen molar-refractivity contribution >= 4 is 29.8 Å². The van der Waals surface area contributed by atoms with Crippen LogP contribution in [-0.4, -0.2) is 33.1 Å². The Bertz CT molecular complexity index is 892. The van der Waals surface area contributed by atoms with Gasteiger partial charge in [-0.1, -0.05) is 71.9 Å². The van der Waals surface area contributed by atoms with E-state index in [9.17, 15) is 4.79 Å². The van der Waals surface area contributed by atoms with Crippen molar-refractivity contribution in [3.05, 3.63) is 71.3 Å². The molecule has 0 bridgehead atoms. The van der Waals surface area contributed by atoms with Gasteiger partial charge in [-0.15, -0.1) is 5.10 Å². The minimum Gasteiger partial charge on any atom is -0.351 e. The Morgan fingerprint density at radius 2 is 1.96 bits per heavy atom. The zero-order chi connectivity index (χ0) is 18.9. The smallest absolute Gasteiger partial charge is 0.240 e. The van der Waals surface area contributed by atoms with Gasteiger partial charge >= 0.3 is 0 Å². The molecule has 7 nitrogen and oxygen atoms in total. The second-order valence-corrected chi connectivity index (χ2v) is 6.74. The largest absolute Gasteiger partial charge is 0.351 e. The molecule has 138 valence electrons. The molecule has 2 aromatic carbocycles. The van der Waals surface area contributed by atoms with Gasteiger partial charge in [0.05, 0.1) is 12.0 Å². The molecule has 0 unspecified atom stereocenters. The number of nitrogens with one attached hydrogen (secondary N) is 3. The lowest BCUT2D eigenvalue weighted by Crippen LogP contribution is -2.24. The highest BCUT2D eigenvalue weighted by Gasteiger charge is 2.07. The zero-order valence-electron chi connectivity index (χ0n) is 14.8. The highest BCUT2D eigenvalue weighted by atomic mass is 32.2. The number of rotatable bonds is 8. The molecule has 0 spiro atoms. The molecule has 3 rings (SSSR count). The number of H-pyrrole nitrogens is 1. The van der Waals surface area contributed by atoms with Gasteiger partial charge in [0.15, 0.2) is 0 Å². The van der Waals surface area contributed by atoms with E-state index in [1.165, 1.54) is 17.3 Å². The number of aromatic nitrogens is 3. The van der Waals surface area contributed by atoms with Crippen LogP contribution in [0, 0.1) is 6.92 Å². The molecule has 1 amide bonds. The Morgan fingerprint density at radius 1 is 1.19 bits per heavy atom. The number of aryl methyl sites for hydroxylation is 1. The zero-order valence-corrected chi connectivity index (χ0v) is 15.7. The third-order valence-corrected chi connectivity index (χ3v) is 4.44. The van der Waals surface area contributed by atoms with Gasteiger partial charge in [-0.3, -0.25) is 4.79 Å². The van der Waals surface area contributed by atoms with E-state index in [0.29, 0.717) is 17.6 Å². The number of anilines is 1. The number of nitrogens with zero attached hydrogens (tertiary/aromatic N) is 3. The fraction of sp³-hybridized carbons (Fsp3) is 0.158. The van der Waals surface area contributed by atoms with Gasteiger partial charge in [0.25, 0.3) is 0 Å². The highest BCUT2D eigenvalue weighted by molar-refractivity contribution is 7.99. The van der Waals surface area contributed by atoms with Crippen LogP contribution >= 0.6 is 11.8 Å². The molecule has 0 aliphatic heterocycles. The monoisotopic (exact) mass is 380 g/mol. The van der Waals surface area contributed by atoms with E-state index in [2.05, 4.69) is 31.0 Å². The van der Waals surface area contributed by atoms with Crippen LogP contribution in [0.2, 0.25) is 0 Å². The lowest BCUT2D eigenvalue weighted by atomic mass is 10.1. The Kier molecular flexibility index (Phi) is 6.59. The number of aromatic amines is 1. The number of hydrazone groups is 1. The molecule has 3 N–H and O–H groups in total. The van der Waals surface area contributed by atoms with Crippen LogP contribution in [0.4, 0.5) is 5.95 Å². The van der Waals surface area contributed by atoms with Crippen molar-refractivity contribution in [2.24, 2.45) is 5.10 Å². The van der Waals surface area contributed by atoms with Crippen molar-refractivity contribution in [1.29, 1.82) is 0 Å². The first-order valence-electron chi connectivity index (χ1n) is 8.40. The Morgan fingerprint density at radius 3 is 2.74 bits per heavy atom. The summed E-state index contributed by atoms with van der Waals surface area (Å²) in [6.45, 7) is 2.54. The quantitative estimate of drug-likeness (QED) is 0.317. The molecule has 1 aromatic heterocycles. The fourth-order valence-electron chi connectivity index (χ4n) is 2.16. The van der Waals surface area contributed by atoms with Crippen LogP contribution in [-0.2, 0) is 11.3 Å². The predicted octanol–water partition coefficient (Wildman–Crippen LogP) is 2.97. The summed E-state index contributed by atoms with van der Waals surface area (Å²) >= 11 is 1.26. The van der Waals surface area contributed by atoms with Crippen LogP contribution < -0.4 is 10.7 Å². The fourth-order valence-corrected chi connectivity index (χ4v) is 2.78. The van der Waals surface area contributed by atoms with Crippen molar-refractivity contribution in [3.8, 4) is 0 Å². The van der Waals surface area contributed by atoms with E-state index in [-0.39, 0.29) is 11.7 Å². The van der Waals surface area contributed by atoms with Crippen LogP contribution in [0.15, 0.2) is 64.9 Å². The van der Waals surface area contributed by atoms with Crippen molar-refractivity contribution in [3.63, 3.8) is 0 Å². The number of thioether (sulfide) groups is 1. The van der Waals surface area contributed by atoms with Gasteiger partial charge in [-0.05, 0) is 18.1 Å². The first-order valence-corrected chi connectivity index (χ1v) is 9.39. The molecule has 0 saturated carbocycles. The van der Waals surface area contributed by atoms with Gasteiger partial charge < -0.3 is 5.32 Å². The molecule has 3 aromatic rings. The number of hydrogen-bond acceptors (Lipinski definition) is 6. The molecule has 27 heavy (non-hydrogen) atoms. The summed E-state index contributed by atoms with van der Waals surface area (Å²) in [5.41, 5.74) is 6.02. The van der Waals surface area contributed by atoms with Crippen molar-refractivity contribution in [1.82, 2.24) is 20.5 Å². The summed E-state index contributed by atoms with van der Waals surface area (Å²) in [6.07, 6.45) is 1.69. The molecule has 0 aliphatic carbocycles. The Labute approximate surface area is 161 Å². The van der Waals surface area contributed by atoms with Crippen LogP contribution in [0.3, 0.4) is 0 Å². The first kappa shape index (κ1) is 18.7. The van der Waals surface area contributed by atoms with Crippen LogP contribution in [0.1, 0.15) is 16.7 Å². The highest BCUT2D eigenvalue weighted by Crippen LogP contribution is 2.13. The molecule has 0 aliphatic rings. The maximum Gasteiger partial charge on any atom is 0.240 e. The summed E-state index contributed by atoms with van der Waals surface area (Å²) in [7, 11) is 0. The summed E-state index contributed by atoms with van der Waals surface area (Å²) in [5.74, 6) is 0.600. The van der Waals surface area contributed by atoms with E-state index in [1.807, 2.05) is 61.5 Å². The third-order valence-electron chi connectivity index (χ3n) is 3.59. The number of benzene rings is 2. The SMILES string of the molecule is Cc1ccc(CNC(=O)CSc2n[nH]c(N/N=C\c3ccccc3)n2)cc1. The molecule has 0 fully saturated rings. The van der Waals surface area contributed by atoms with Gasteiger partial charge in [0, 0.05) is 6.54 Å². The van der Waals surface area contributed by atoms with Crippen LogP contribution in [0.5, 0.6) is 0 Å². The molecule has 0 atom stereocenters. The summed E-state index contributed by atoms with van der Waals surface area (Å²) < 4.78 is 0. The topological polar surface area (TPSA) is 95.1 Å². The van der Waals surface area contributed by atoms with Crippen LogP contribution in [0.25, 0.3) is 0 Å². The van der Waals surface area contributed by atoms with Gasteiger partial charge in [-0.2, -0.15) is 10.1 Å². The van der Waals surface area contributed by atoms with E-state index in [1.54, 1.807) is 6.21 Å². The van der Waals surface area contributed by atoms with Gasteiger partial charge in [-0.25, -0.2) is 10.5 Å². The summed E-state index contributed by atoms with van der Waals surface area (Å²) in [5, 5.41) is 14.3. The van der Waals surface area contributed by atoms with Gasteiger partial charge in [0.1, 0.15) is 0 Å². The minimum atomic E-state index is -0.0676. The summed E-state index contributed by atoms with van der Waals surface area (Å²) in [4.78, 5) is 16.2. The van der Waals surface area contributed by atoms with Gasteiger partial charge in [0.2, 0.25) is 17.0 Å². The molecular weight excluding hydrogens is 360 g/mol. The first-order chi connectivity index (χ1) is 13.2. The Balaban J connectivity index is 1.40. The van der Waals surface area contributed by atoms with E-state index < -0.39 is 0 Å². The molecular formula is C19H20N6OS. The third kappa shape index (κ3) is 6.27. The number of hydrogen-bond donors (Lipinski definition) is 3. The van der Waals surface area contributed by atoms with E-state index in [4.69, 9.17) is 0 Å². The Hall–Kier alpha value is -3.13. The molecule has 0 saturated heterocycles. The van der Waals surface area contributed by atoms with E-state index >= 15 is 0 Å². The number of carbonyl (C=O) groups excluding carboxylic acids is 1. The number of amides is 1. The normalized spacial score (nSPS) is 10.9. The lowest BCUT2D eigenvalue weighted by Gasteiger charge is -2.04. The van der Waals surface area contributed by atoms with Crippen molar-refractivity contribution in [2.75, 3.05) is 11.2 Å². The van der Waals surface area contributed by atoms with Crippen molar-refractivity contribution < 1.29 is 4.79 Å². The minimum absolute atomic E-state index is 0.0676. The maximum absolute atomic E-state index is 12.0.